The summed E-state index contributed by atoms with van der Waals surface area (Å²) in [7, 11) is 0. The maximum Gasteiger partial charge on any atom is 0.255 e. The number of carbonyl (C=O) groups is 1. The van der Waals surface area contributed by atoms with E-state index in [1.54, 1.807) is 0 Å². The molecular weight excluding hydrogens is 254 g/mol. The van der Waals surface area contributed by atoms with Crippen molar-refractivity contribution in [2.75, 3.05) is 19.8 Å². The summed E-state index contributed by atoms with van der Waals surface area (Å²) in [5.41, 5.74) is 0.173. The molecule has 1 rings (SSSR count). The van der Waals surface area contributed by atoms with Crippen LogP contribution < -0.4 is 5.32 Å². The van der Waals surface area contributed by atoms with Gasteiger partial charge < -0.3 is 15.2 Å². The van der Waals surface area contributed by atoms with Crippen LogP contribution in [0.2, 0.25) is 5.02 Å². The second-order valence-corrected chi connectivity index (χ2v) is 4.82. The van der Waals surface area contributed by atoms with Gasteiger partial charge in [0, 0.05) is 18.2 Å². The van der Waals surface area contributed by atoms with Crippen molar-refractivity contribution < 1.29 is 14.6 Å². The lowest BCUT2D eigenvalue weighted by Gasteiger charge is -2.09. The number of amides is 1. The maximum absolute atomic E-state index is 11.7. The van der Waals surface area contributed by atoms with Crippen LogP contribution in [-0.2, 0) is 4.74 Å². The first-order valence-electron chi connectivity index (χ1n) is 5.85. The summed E-state index contributed by atoms with van der Waals surface area (Å²) < 4.78 is 5.33. The number of rotatable bonds is 6. The average molecular weight is 272 g/mol. The van der Waals surface area contributed by atoms with Gasteiger partial charge in [-0.05, 0) is 24.1 Å². The molecule has 0 fully saturated rings. The number of nitrogens with one attached hydrogen (secondary N) is 1. The van der Waals surface area contributed by atoms with Gasteiger partial charge in [-0.25, -0.2) is 0 Å². The highest BCUT2D eigenvalue weighted by Gasteiger charge is 2.10. The average Bonchev–Trinajstić information content (AvgIpc) is 2.31. The van der Waals surface area contributed by atoms with Crippen LogP contribution in [0, 0.1) is 5.92 Å². The van der Waals surface area contributed by atoms with Crippen molar-refractivity contribution in [2.45, 2.75) is 13.8 Å². The van der Waals surface area contributed by atoms with E-state index in [9.17, 15) is 9.90 Å². The van der Waals surface area contributed by atoms with Crippen LogP contribution >= 0.6 is 11.6 Å². The molecule has 18 heavy (non-hydrogen) atoms. The molecule has 0 saturated heterocycles. The number of hydrogen-bond acceptors (Lipinski definition) is 3. The SMILES string of the molecule is CC(C)COCCNC(=O)c1cc(Cl)ccc1O. The zero-order chi connectivity index (χ0) is 13.5. The Kier molecular flexibility index (Phi) is 5.95. The van der Waals surface area contributed by atoms with E-state index in [1.807, 2.05) is 0 Å². The van der Waals surface area contributed by atoms with Crippen molar-refractivity contribution in [3.8, 4) is 5.75 Å². The van der Waals surface area contributed by atoms with Gasteiger partial charge in [0.15, 0.2) is 0 Å². The molecule has 0 aliphatic carbocycles. The molecule has 0 spiro atoms. The van der Waals surface area contributed by atoms with Gasteiger partial charge in [0.05, 0.1) is 12.2 Å². The predicted octanol–water partition coefficient (Wildman–Crippen LogP) is 2.45. The lowest BCUT2D eigenvalue weighted by atomic mass is 10.2. The molecule has 5 heteroatoms. The molecule has 1 aromatic rings. The predicted molar refractivity (Wildman–Crippen MR) is 71.1 cm³/mol. The quantitative estimate of drug-likeness (QED) is 0.782. The highest BCUT2D eigenvalue weighted by molar-refractivity contribution is 6.31. The van der Waals surface area contributed by atoms with Gasteiger partial charge in [0.1, 0.15) is 5.75 Å². The first-order chi connectivity index (χ1) is 8.50. The zero-order valence-corrected chi connectivity index (χ0v) is 11.3. The molecule has 0 bridgehead atoms. The molecule has 0 aliphatic rings. The van der Waals surface area contributed by atoms with Gasteiger partial charge in [0.25, 0.3) is 5.91 Å². The summed E-state index contributed by atoms with van der Waals surface area (Å²) in [5.74, 6) is 0.0285. The fourth-order valence-electron chi connectivity index (χ4n) is 1.34. The van der Waals surface area contributed by atoms with E-state index in [0.29, 0.717) is 30.7 Å². The smallest absolute Gasteiger partial charge is 0.255 e. The normalized spacial score (nSPS) is 10.7. The molecule has 0 atom stereocenters. The topological polar surface area (TPSA) is 58.6 Å². The van der Waals surface area contributed by atoms with Gasteiger partial charge >= 0.3 is 0 Å². The Hall–Kier alpha value is -1.26. The summed E-state index contributed by atoms with van der Waals surface area (Å²) in [6.45, 7) is 5.63. The minimum Gasteiger partial charge on any atom is -0.507 e. The molecule has 1 amide bonds. The number of carbonyl (C=O) groups excluding carboxylic acids is 1. The van der Waals surface area contributed by atoms with E-state index >= 15 is 0 Å². The number of benzene rings is 1. The molecular formula is C13H18ClNO3. The van der Waals surface area contributed by atoms with E-state index in [2.05, 4.69) is 19.2 Å². The molecule has 0 heterocycles. The van der Waals surface area contributed by atoms with Crippen LogP contribution in [0.1, 0.15) is 24.2 Å². The molecule has 100 valence electrons. The monoisotopic (exact) mass is 271 g/mol. The van der Waals surface area contributed by atoms with Crippen molar-refractivity contribution in [2.24, 2.45) is 5.92 Å². The Labute approximate surface area is 112 Å². The van der Waals surface area contributed by atoms with Gasteiger partial charge in [-0.1, -0.05) is 25.4 Å². The molecule has 0 aromatic heterocycles. The van der Waals surface area contributed by atoms with Crippen LogP contribution in [0.4, 0.5) is 0 Å². The Morgan fingerprint density at radius 2 is 2.22 bits per heavy atom. The van der Waals surface area contributed by atoms with Crippen LogP contribution in [0.5, 0.6) is 5.75 Å². The van der Waals surface area contributed by atoms with E-state index in [-0.39, 0.29) is 17.2 Å². The third-order valence-corrected chi connectivity index (χ3v) is 2.42. The Morgan fingerprint density at radius 1 is 1.50 bits per heavy atom. The largest absolute Gasteiger partial charge is 0.507 e. The highest BCUT2D eigenvalue weighted by atomic mass is 35.5. The number of hydrogen-bond donors (Lipinski definition) is 2. The van der Waals surface area contributed by atoms with Crippen molar-refractivity contribution >= 4 is 17.5 Å². The number of ether oxygens (including phenoxy) is 1. The van der Waals surface area contributed by atoms with Crippen LogP contribution in [-0.4, -0.2) is 30.8 Å². The number of halogens is 1. The van der Waals surface area contributed by atoms with Crippen LogP contribution in [0.15, 0.2) is 18.2 Å². The Bertz CT molecular complexity index is 407. The third kappa shape index (κ3) is 4.94. The highest BCUT2D eigenvalue weighted by Crippen LogP contribution is 2.21. The number of aromatic hydroxyl groups is 1. The summed E-state index contributed by atoms with van der Waals surface area (Å²) >= 11 is 5.76. The van der Waals surface area contributed by atoms with Crippen molar-refractivity contribution in [1.29, 1.82) is 0 Å². The van der Waals surface area contributed by atoms with Crippen LogP contribution in [0.25, 0.3) is 0 Å². The van der Waals surface area contributed by atoms with E-state index in [0.717, 1.165) is 0 Å². The van der Waals surface area contributed by atoms with Gasteiger partial charge in [-0.3, -0.25) is 4.79 Å². The van der Waals surface area contributed by atoms with Gasteiger partial charge in [-0.2, -0.15) is 0 Å². The second kappa shape index (κ2) is 7.24. The zero-order valence-electron chi connectivity index (χ0n) is 10.6. The van der Waals surface area contributed by atoms with E-state index in [1.165, 1.54) is 18.2 Å². The van der Waals surface area contributed by atoms with Crippen molar-refractivity contribution in [1.82, 2.24) is 5.32 Å². The first kappa shape index (κ1) is 14.8. The molecule has 0 saturated carbocycles. The molecule has 2 N–H and O–H groups in total. The van der Waals surface area contributed by atoms with Gasteiger partial charge in [-0.15, -0.1) is 0 Å². The van der Waals surface area contributed by atoms with E-state index in [4.69, 9.17) is 16.3 Å². The maximum atomic E-state index is 11.7. The van der Waals surface area contributed by atoms with Crippen LogP contribution in [0.3, 0.4) is 0 Å². The van der Waals surface area contributed by atoms with Gasteiger partial charge in [0.2, 0.25) is 0 Å². The minimum atomic E-state index is -0.358. The molecule has 0 aliphatic heterocycles. The number of phenolic OH excluding ortho intramolecular Hbond substituents is 1. The first-order valence-corrected chi connectivity index (χ1v) is 6.23. The lowest BCUT2D eigenvalue weighted by Crippen LogP contribution is -2.27. The summed E-state index contributed by atoms with van der Waals surface area (Å²) in [6.07, 6.45) is 0. The standard InChI is InChI=1S/C13H18ClNO3/c1-9(2)8-18-6-5-15-13(17)11-7-10(14)3-4-12(11)16/h3-4,7,9,16H,5-6,8H2,1-2H3,(H,15,17). The Morgan fingerprint density at radius 3 is 2.89 bits per heavy atom. The molecule has 0 radical (unpaired) electrons. The van der Waals surface area contributed by atoms with Crippen molar-refractivity contribution in [3.05, 3.63) is 28.8 Å². The third-order valence-electron chi connectivity index (χ3n) is 2.19. The fraction of sp³-hybridized carbons (Fsp3) is 0.462. The fourth-order valence-corrected chi connectivity index (χ4v) is 1.51. The molecule has 4 nitrogen and oxygen atoms in total. The number of phenols is 1. The summed E-state index contributed by atoms with van der Waals surface area (Å²) in [4.78, 5) is 11.7. The summed E-state index contributed by atoms with van der Waals surface area (Å²) in [6, 6.07) is 4.35. The van der Waals surface area contributed by atoms with E-state index < -0.39 is 0 Å². The summed E-state index contributed by atoms with van der Waals surface area (Å²) in [5, 5.41) is 12.6. The molecule has 1 aromatic carbocycles. The minimum absolute atomic E-state index is 0.0833. The molecule has 0 unspecified atom stereocenters. The van der Waals surface area contributed by atoms with Crippen molar-refractivity contribution in [3.63, 3.8) is 0 Å². The Balaban J connectivity index is 2.39. The lowest BCUT2D eigenvalue weighted by molar-refractivity contribution is 0.0884. The second-order valence-electron chi connectivity index (χ2n) is 4.39.